The Morgan fingerprint density at radius 3 is 2.89 bits per heavy atom. The van der Waals surface area contributed by atoms with E-state index < -0.39 is 0 Å². The zero-order valence-electron chi connectivity index (χ0n) is 9.93. The summed E-state index contributed by atoms with van der Waals surface area (Å²) in [6, 6.07) is 4.53. The van der Waals surface area contributed by atoms with Crippen LogP contribution in [0.2, 0.25) is 0 Å². The van der Waals surface area contributed by atoms with Gasteiger partial charge in [-0.3, -0.25) is 9.59 Å². The van der Waals surface area contributed by atoms with E-state index in [2.05, 4.69) is 10.3 Å². The van der Waals surface area contributed by atoms with E-state index in [0.717, 1.165) is 0 Å². The number of H-pyrrole nitrogens is 1. The average molecular weight is 246 g/mol. The Hall–Kier alpha value is -2.50. The van der Waals surface area contributed by atoms with Crippen molar-refractivity contribution in [3.8, 4) is 0 Å². The summed E-state index contributed by atoms with van der Waals surface area (Å²) in [6.45, 7) is 2.41. The van der Waals surface area contributed by atoms with Crippen molar-refractivity contribution in [2.45, 2.75) is 13.5 Å². The second kappa shape index (κ2) is 4.79. The summed E-state index contributed by atoms with van der Waals surface area (Å²) in [5, 5.41) is 2.69. The molecule has 2 aromatic heterocycles. The van der Waals surface area contributed by atoms with Crippen LogP contribution in [0.15, 0.2) is 35.4 Å². The summed E-state index contributed by atoms with van der Waals surface area (Å²) < 4.78 is 1.51. The highest BCUT2D eigenvalue weighted by Gasteiger charge is 2.08. The number of rotatable bonds is 3. The Morgan fingerprint density at radius 1 is 1.50 bits per heavy atom. The first-order valence-electron chi connectivity index (χ1n) is 5.56. The van der Waals surface area contributed by atoms with Gasteiger partial charge in [0.2, 0.25) is 0 Å². The van der Waals surface area contributed by atoms with Crippen LogP contribution in [0, 0.1) is 0 Å². The second-order valence-electron chi connectivity index (χ2n) is 3.84. The number of hydrogen-bond donors (Lipinski definition) is 3. The number of amides is 1. The van der Waals surface area contributed by atoms with E-state index in [1.54, 1.807) is 24.5 Å². The van der Waals surface area contributed by atoms with Crippen LogP contribution in [0.4, 0.5) is 11.4 Å². The normalized spacial score (nSPS) is 10.3. The number of aromatic nitrogens is 2. The summed E-state index contributed by atoms with van der Waals surface area (Å²) in [6.07, 6.45) is 3.15. The molecule has 1 amide bonds. The monoisotopic (exact) mass is 246 g/mol. The van der Waals surface area contributed by atoms with Crippen LogP contribution in [-0.4, -0.2) is 15.5 Å². The van der Waals surface area contributed by atoms with E-state index >= 15 is 0 Å². The van der Waals surface area contributed by atoms with E-state index in [0.29, 0.717) is 23.6 Å². The smallest absolute Gasteiger partial charge is 0.272 e. The third kappa shape index (κ3) is 2.42. The molecule has 18 heavy (non-hydrogen) atoms. The summed E-state index contributed by atoms with van der Waals surface area (Å²) in [5.74, 6) is -0.298. The van der Waals surface area contributed by atoms with Crippen LogP contribution in [0.3, 0.4) is 0 Å². The lowest BCUT2D eigenvalue weighted by molar-refractivity contribution is 0.102. The Balaban J connectivity index is 2.19. The number of carbonyl (C=O) groups is 1. The molecule has 2 rings (SSSR count). The highest BCUT2D eigenvalue weighted by Crippen LogP contribution is 2.09. The lowest BCUT2D eigenvalue weighted by Gasteiger charge is -2.06. The van der Waals surface area contributed by atoms with Gasteiger partial charge >= 0.3 is 0 Å². The van der Waals surface area contributed by atoms with E-state index in [4.69, 9.17) is 5.73 Å². The zero-order valence-corrected chi connectivity index (χ0v) is 9.93. The number of pyridine rings is 1. The first-order valence-corrected chi connectivity index (χ1v) is 5.56. The Morgan fingerprint density at radius 2 is 2.28 bits per heavy atom. The highest BCUT2D eigenvalue weighted by molar-refractivity contribution is 6.03. The maximum absolute atomic E-state index is 11.8. The van der Waals surface area contributed by atoms with Crippen molar-refractivity contribution in [1.82, 2.24) is 9.55 Å². The van der Waals surface area contributed by atoms with Crippen molar-refractivity contribution in [2.24, 2.45) is 0 Å². The first-order chi connectivity index (χ1) is 8.60. The van der Waals surface area contributed by atoms with Crippen LogP contribution in [0.25, 0.3) is 0 Å². The predicted molar refractivity (Wildman–Crippen MR) is 69.5 cm³/mol. The van der Waals surface area contributed by atoms with Gasteiger partial charge in [0.05, 0.1) is 5.69 Å². The van der Waals surface area contributed by atoms with Crippen molar-refractivity contribution >= 4 is 17.3 Å². The van der Waals surface area contributed by atoms with Gasteiger partial charge in [-0.1, -0.05) is 0 Å². The lowest BCUT2D eigenvalue weighted by atomic mass is 10.3. The number of aromatic amines is 1. The number of nitrogens with zero attached hydrogens (tertiary/aromatic N) is 1. The second-order valence-corrected chi connectivity index (χ2v) is 3.84. The van der Waals surface area contributed by atoms with Crippen molar-refractivity contribution in [3.05, 3.63) is 46.6 Å². The molecular formula is C12H14N4O2. The lowest BCUT2D eigenvalue weighted by Crippen LogP contribution is -2.19. The molecule has 2 heterocycles. The molecule has 0 aliphatic carbocycles. The van der Waals surface area contributed by atoms with E-state index in [1.165, 1.54) is 10.6 Å². The quantitative estimate of drug-likeness (QED) is 0.755. The number of nitrogens with two attached hydrogens (primary N) is 1. The molecule has 6 nitrogen and oxygen atoms in total. The number of carbonyl (C=O) groups excluding carboxylic acids is 1. The van der Waals surface area contributed by atoms with Crippen LogP contribution in [0.1, 0.15) is 17.4 Å². The van der Waals surface area contributed by atoms with Gasteiger partial charge in [-0.2, -0.15) is 0 Å². The number of nitrogen functional groups attached to an aromatic ring is 1. The van der Waals surface area contributed by atoms with Gasteiger partial charge < -0.3 is 20.6 Å². The molecular weight excluding hydrogens is 232 g/mol. The molecule has 0 radical (unpaired) electrons. The minimum absolute atomic E-state index is 0.0976. The third-order valence-corrected chi connectivity index (χ3v) is 2.53. The van der Waals surface area contributed by atoms with Crippen molar-refractivity contribution in [1.29, 1.82) is 0 Å². The van der Waals surface area contributed by atoms with Crippen LogP contribution < -0.4 is 16.6 Å². The largest absolute Gasteiger partial charge is 0.397 e. The maximum Gasteiger partial charge on any atom is 0.272 e. The van der Waals surface area contributed by atoms with E-state index in [-0.39, 0.29) is 11.5 Å². The van der Waals surface area contributed by atoms with Gasteiger partial charge in [-0.25, -0.2) is 0 Å². The van der Waals surface area contributed by atoms with Gasteiger partial charge in [-0.05, 0) is 19.1 Å². The molecule has 94 valence electrons. The Kier molecular flexibility index (Phi) is 3.18. The molecule has 4 N–H and O–H groups in total. The molecule has 0 aromatic carbocycles. The molecule has 0 atom stereocenters. The number of nitrogens with one attached hydrogen (secondary N) is 2. The average Bonchev–Trinajstić information content (AvgIpc) is 2.78. The third-order valence-electron chi connectivity index (χ3n) is 2.53. The number of anilines is 2. The Bertz CT molecular complexity index is 627. The minimum Gasteiger partial charge on any atom is -0.397 e. The molecule has 0 aliphatic heterocycles. The zero-order chi connectivity index (χ0) is 13.1. The fourth-order valence-electron chi connectivity index (χ4n) is 1.59. The fourth-order valence-corrected chi connectivity index (χ4v) is 1.59. The molecule has 0 spiro atoms. The summed E-state index contributed by atoms with van der Waals surface area (Å²) in [7, 11) is 0. The van der Waals surface area contributed by atoms with Crippen LogP contribution >= 0.6 is 0 Å². The fraction of sp³-hybridized carbons (Fsp3) is 0.167. The van der Waals surface area contributed by atoms with Crippen LogP contribution in [0.5, 0.6) is 0 Å². The number of aryl methyl sites for hydroxylation is 1. The van der Waals surface area contributed by atoms with Gasteiger partial charge in [0, 0.05) is 30.7 Å². The molecule has 6 heteroatoms. The van der Waals surface area contributed by atoms with E-state index in [1.807, 2.05) is 6.92 Å². The number of hydrogen-bond acceptors (Lipinski definition) is 3. The summed E-state index contributed by atoms with van der Waals surface area (Å²) >= 11 is 0. The Labute approximate surface area is 103 Å². The summed E-state index contributed by atoms with van der Waals surface area (Å²) in [5.41, 5.74) is 6.86. The molecule has 0 bridgehead atoms. The highest BCUT2D eigenvalue weighted by atomic mass is 16.2. The molecule has 2 aromatic rings. The summed E-state index contributed by atoms with van der Waals surface area (Å²) in [4.78, 5) is 26.0. The topological polar surface area (TPSA) is 92.9 Å². The van der Waals surface area contributed by atoms with Gasteiger partial charge in [-0.15, -0.1) is 0 Å². The van der Waals surface area contributed by atoms with Crippen molar-refractivity contribution < 1.29 is 4.79 Å². The molecule has 0 saturated heterocycles. The van der Waals surface area contributed by atoms with Crippen molar-refractivity contribution in [2.75, 3.05) is 11.1 Å². The van der Waals surface area contributed by atoms with Gasteiger partial charge in [0.15, 0.2) is 0 Å². The van der Waals surface area contributed by atoms with E-state index in [9.17, 15) is 9.59 Å². The molecule has 0 fully saturated rings. The van der Waals surface area contributed by atoms with Crippen molar-refractivity contribution in [3.63, 3.8) is 0 Å². The predicted octanol–water partition coefficient (Wildman–Crippen LogP) is 1.03. The molecule has 0 aliphatic rings. The van der Waals surface area contributed by atoms with Gasteiger partial charge in [0.1, 0.15) is 5.69 Å². The standard InChI is InChI=1S/C12H14N4O2/c1-2-16-7-9(3-4-11(16)17)15-12(18)10-5-8(13)6-14-10/h3-7,14H,2,13H2,1H3,(H,15,18). The van der Waals surface area contributed by atoms with Gasteiger partial charge in [0.25, 0.3) is 11.5 Å². The first kappa shape index (κ1) is 12.0. The SMILES string of the molecule is CCn1cc(NC(=O)c2cc(N)c[nH]2)ccc1=O. The minimum atomic E-state index is -0.298. The molecule has 0 saturated carbocycles. The molecule has 0 unspecified atom stereocenters. The van der Waals surface area contributed by atoms with Crippen LogP contribution in [-0.2, 0) is 6.54 Å². The maximum atomic E-state index is 11.8.